The Hall–Kier alpha value is -3.07. The van der Waals surface area contributed by atoms with Gasteiger partial charge in [0.15, 0.2) is 11.6 Å². The molecule has 0 radical (unpaired) electrons. The molecule has 3 heterocycles. The predicted octanol–water partition coefficient (Wildman–Crippen LogP) is 6.07. The third kappa shape index (κ3) is 4.46. The van der Waals surface area contributed by atoms with Crippen LogP contribution in [0.3, 0.4) is 0 Å². The molecule has 40 heavy (non-hydrogen) atoms. The van der Waals surface area contributed by atoms with Crippen molar-refractivity contribution in [3.8, 4) is 11.5 Å². The van der Waals surface area contributed by atoms with Crippen LogP contribution in [0.25, 0.3) is 11.5 Å². The van der Waals surface area contributed by atoms with Gasteiger partial charge in [-0.1, -0.05) is 16.4 Å². The molecule has 0 unspecified atom stereocenters. The topological polar surface area (TPSA) is 116 Å². The lowest BCUT2D eigenvalue weighted by Crippen LogP contribution is -2.45. The lowest BCUT2D eigenvalue weighted by Gasteiger charge is -2.52. The van der Waals surface area contributed by atoms with E-state index in [2.05, 4.69) is 21.7 Å². The molecule has 9 nitrogen and oxygen atoms in total. The summed E-state index contributed by atoms with van der Waals surface area (Å²) < 4.78 is 17.2. The number of anilines is 1. The van der Waals surface area contributed by atoms with E-state index >= 15 is 0 Å². The van der Waals surface area contributed by atoms with Crippen molar-refractivity contribution in [2.75, 3.05) is 18.5 Å². The molecular weight excluding hydrogens is 506 g/mol. The van der Waals surface area contributed by atoms with Crippen LogP contribution in [0.2, 0.25) is 0 Å². The highest BCUT2D eigenvalue weighted by molar-refractivity contribution is 5.94. The molecule has 6 fully saturated rings. The summed E-state index contributed by atoms with van der Waals surface area (Å²) >= 11 is 0. The summed E-state index contributed by atoms with van der Waals surface area (Å²) in [5.74, 6) is 4.14. The number of ether oxygens (including phenoxy) is 1. The quantitative estimate of drug-likeness (QED) is 0.364. The molecule has 5 aliphatic carbocycles. The molecule has 210 valence electrons. The summed E-state index contributed by atoms with van der Waals surface area (Å²) in [4.78, 5) is 23.0. The van der Waals surface area contributed by atoms with Crippen LogP contribution in [0.5, 0.6) is 0 Å². The molecule has 0 spiro atoms. The summed E-state index contributed by atoms with van der Waals surface area (Å²) in [6.07, 6.45) is 13.5. The number of nitrogens with zero attached hydrogens (tertiary/aromatic N) is 4. The second kappa shape index (κ2) is 9.50. The van der Waals surface area contributed by atoms with Crippen molar-refractivity contribution >= 4 is 11.6 Å². The Labute approximate surface area is 233 Å². The summed E-state index contributed by atoms with van der Waals surface area (Å²) in [6, 6.07) is 6.11. The molecular formula is C31H37N5O4. The van der Waals surface area contributed by atoms with E-state index in [1.807, 2.05) is 12.1 Å². The van der Waals surface area contributed by atoms with E-state index < -0.39 is 0 Å². The highest BCUT2D eigenvalue weighted by Gasteiger charge is 2.52. The van der Waals surface area contributed by atoms with E-state index in [1.54, 1.807) is 0 Å². The van der Waals surface area contributed by atoms with E-state index in [1.165, 1.54) is 12.8 Å². The van der Waals surface area contributed by atoms with Crippen molar-refractivity contribution in [3.63, 3.8) is 0 Å². The Morgan fingerprint density at radius 2 is 1.52 bits per heavy atom. The molecule has 1 aromatic carbocycles. The number of amides is 1. The fraction of sp³-hybridized carbons (Fsp3) is 0.645. The normalized spacial score (nSPS) is 28.6. The van der Waals surface area contributed by atoms with Crippen LogP contribution in [-0.2, 0) is 21.4 Å². The fourth-order valence-corrected chi connectivity index (χ4v) is 7.32. The van der Waals surface area contributed by atoms with Gasteiger partial charge in [0, 0.05) is 47.6 Å². The zero-order valence-corrected chi connectivity index (χ0v) is 23.0. The molecule has 3 aromatic rings. The van der Waals surface area contributed by atoms with Crippen molar-refractivity contribution < 1.29 is 18.6 Å². The zero-order valence-electron chi connectivity index (χ0n) is 23.0. The van der Waals surface area contributed by atoms with E-state index in [0.717, 1.165) is 105 Å². The minimum Gasteiger partial charge on any atom is -0.381 e. The Balaban J connectivity index is 1.08. The Kier molecular flexibility index (Phi) is 5.87. The molecule has 2 aromatic heterocycles. The number of carbonyl (C=O) groups is 1. The molecule has 1 N–H and O–H groups in total. The summed E-state index contributed by atoms with van der Waals surface area (Å²) in [5.41, 5.74) is 3.13. The Bertz CT molecular complexity index is 1390. The van der Waals surface area contributed by atoms with Gasteiger partial charge >= 0.3 is 0 Å². The minimum atomic E-state index is -0.0202. The highest BCUT2D eigenvalue weighted by atomic mass is 16.5. The van der Waals surface area contributed by atoms with Gasteiger partial charge in [-0.05, 0) is 107 Å². The maximum Gasteiger partial charge on any atom is 0.258 e. The number of carbonyl (C=O) groups excluding carboxylic acids is 1. The average Bonchev–Trinajstić information content (AvgIpc) is 3.94. The van der Waals surface area contributed by atoms with E-state index in [-0.39, 0.29) is 22.7 Å². The number of fused-ring (bicyclic) bond motifs is 3. The van der Waals surface area contributed by atoms with Gasteiger partial charge in [-0.15, -0.1) is 0 Å². The predicted molar refractivity (Wildman–Crippen MR) is 146 cm³/mol. The Morgan fingerprint density at radius 1 is 0.850 bits per heavy atom. The van der Waals surface area contributed by atoms with Gasteiger partial charge in [0.2, 0.25) is 11.8 Å². The number of hydrogen-bond acceptors (Lipinski definition) is 8. The second-order valence-electron chi connectivity index (χ2n) is 13.1. The van der Waals surface area contributed by atoms with Crippen molar-refractivity contribution in [1.29, 1.82) is 0 Å². The smallest absolute Gasteiger partial charge is 0.258 e. The maximum absolute atomic E-state index is 13.3. The van der Waals surface area contributed by atoms with Crippen LogP contribution in [-0.4, -0.2) is 39.4 Å². The standard InChI is InChI=1S/C31H37N5O4/c37-27(21-8-16-38-17-9-21)32-24-3-1-2-22(28-33-25(35-39-28)19-4-5-19)23(24)18-30-10-13-31(14-11-30,15-12-30)29-34-26(36-40-29)20-6-7-20/h1-3,19-21H,4-18H2,(H,32,37). The Morgan fingerprint density at radius 3 is 2.23 bits per heavy atom. The highest BCUT2D eigenvalue weighted by Crippen LogP contribution is 2.59. The van der Waals surface area contributed by atoms with Crippen LogP contribution in [0.15, 0.2) is 27.2 Å². The van der Waals surface area contributed by atoms with E-state index in [4.69, 9.17) is 23.8 Å². The largest absolute Gasteiger partial charge is 0.381 e. The number of rotatable bonds is 8. The molecule has 2 bridgehead atoms. The number of hydrogen-bond donors (Lipinski definition) is 1. The van der Waals surface area contributed by atoms with Crippen molar-refractivity contribution in [1.82, 2.24) is 20.3 Å². The monoisotopic (exact) mass is 543 g/mol. The zero-order chi connectivity index (χ0) is 26.7. The maximum atomic E-state index is 13.3. The van der Waals surface area contributed by atoms with Crippen molar-refractivity contribution in [3.05, 3.63) is 41.3 Å². The fourth-order valence-electron chi connectivity index (χ4n) is 7.32. The van der Waals surface area contributed by atoms with Crippen molar-refractivity contribution in [2.45, 2.75) is 101 Å². The number of aromatic nitrogens is 4. The van der Waals surface area contributed by atoms with E-state index in [9.17, 15) is 4.79 Å². The summed E-state index contributed by atoms with van der Waals surface area (Å²) in [7, 11) is 0. The van der Waals surface area contributed by atoms with Gasteiger partial charge < -0.3 is 19.1 Å². The van der Waals surface area contributed by atoms with E-state index in [0.29, 0.717) is 30.9 Å². The molecule has 0 atom stereocenters. The summed E-state index contributed by atoms with van der Waals surface area (Å²) in [6.45, 7) is 1.29. The van der Waals surface area contributed by atoms with Crippen LogP contribution < -0.4 is 5.32 Å². The lowest BCUT2D eigenvalue weighted by molar-refractivity contribution is -0.122. The van der Waals surface area contributed by atoms with Crippen LogP contribution in [0, 0.1) is 11.3 Å². The molecule has 1 saturated heterocycles. The molecule has 6 aliphatic rings. The van der Waals surface area contributed by atoms with Gasteiger partial charge in [0.25, 0.3) is 5.89 Å². The van der Waals surface area contributed by atoms with Gasteiger partial charge in [0.1, 0.15) is 0 Å². The van der Waals surface area contributed by atoms with Gasteiger partial charge in [-0.25, -0.2) is 0 Å². The summed E-state index contributed by atoms with van der Waals surface area (Å²) in [5, 5.41) is 11.9. The molecule has 9 heteroatoms. The first kappa shape index (κ1) is 24.7. The van der Waals surface area contributed by atoms with Gasteiger partial charge in [-0.2, -0.15) is 9.97 Å². The number of benzene rings is 1. The molecule has 1 aliphatic heterocycles. The molecule has 5 saturated carbocycles. The average molecular weight is 544 g/mol. The lowest BCUT2D eigenvalue weighted by atomic mass is 9.52. The van der Waals surface area contributed by atoms with Gasteiger partial charge in [0.05, 0.1) is 0 Å². The first-order valence-corrected chi connectivity index (χ1v) is 15.3. The molecule has 9 rings (SSSR count). The first-order valence-electron chi connectivity index (χ1n) is 15.3. The van der Waals surface area contributed by atoms with Gasteiger partial charge in [-0.3, -0.25) is 4.79 Å². The first-order chi connectivity index (χ1) is 19.6. The van der Waals surface area contributed by atoms with Crippen LogP contribution in [0.4, 0.5) is 5.69 Å². The van der Waals surface area contributed by atoms with Crippen molar-refractivity contribution in [2.24, 2.45) is 11.3 Å². The third-order valence-corrected chi connectivity index (χ3v) is 10.4. The number of nitrogens with one attached hydrogen (secondary N) is 1. The SMILES string of the molecule is O=C(Nc1cccc(-c2nc(C3CC3)no2)c1CC12CCC(c3nc(C4CC4)no3)(CC1)CC2)C1CCOCC1. The third-order valence-electron chi connectivity index (χ3n) is 10.4. The van der Waals surface area contributed by atoms with Crippen LogP contribution >= 0.6 is 0 Å². The second-order valence-corrected chi connectivity index (χ2v) is 13.1. The molecule has 1 amide bonds. The van der Waals surface area contributed by atoms with Crippen LogP contribution in [0.1, 0.15) is 112 Å². The minimum absolute atomic E-state index is 0.0202.